The van der Waals surface area contributed by atoms with Crippen molar-refractivity contribution < 1.29 is 4.42 Å². The van der Waals surface area contributed by atoms with Gasteiger partial charge in [-0.3, -0.25) is 0 Å². The van der Waals surface area contributed by atoms with Gasteiger partial charge in [0.1, 0.15) is 11.2 Å². The highest BCUT2D eigenvalue weighted by Crippen LogP contribution is 2.37. The first-order valence-corrected chi connectivity index (χ1v) is 13.7. The largest absolute Gasteiger partial charge is 0.456 e. The lowest BCUT2D eigenvalue weighted by Gasteiger charge is -2.10. The van der Waals surface area contributed by atoms with Crippen LogP contribution >= 0.6 is 0 Å². The summed E-state index contributed by atoms with van der Waals surface area (Å²) in [6.07, 6.45) is 6.22. The molecule has 2 heterocycles. The van der Waals surface area contributed by atoms with Crippen LogP contribution in [0.15, 0.2) is 126 Å². The third-order valence-corrected chi connectivity index (χ3v) is 7.77. The maximum Gasteiger partial charge on any atom is 0.137 e. The molecule has 0 N–H and O–H groups in total. The van der Waals surface area contributed by atoms with Gasteiger partial charge in [0.05, 0.1) is 11.2 Å². The summed E-state index contributed by atoms with van der Waals surface area (Å²) in [5.41, 5.74) is 12.3. The van der Waals surface area contributed by atoms with Gasteiger partial charge in [-0.1, -0.05) is 91.0 Å². The quantitative estimate of drug-likeness (QED) is 0.223. The van der Waals surface area contributed by atoms with Gasteiger partial charge in [0.25, 0.3) is 0 Å². The van der Waals surface area contributed by atoms with Crippen molar-refractivity contribution in [3.8, 4) is 27.9 Å². The predicted molar refractivity (Wildman–Crippen MR) is 171 cm³/mol. The number of aryl methyl sites for hydroxylation is 1. The fraction of sp³-hybridized carbons (Fsp3) is 0.0526. The van der Waals surface area contributed by atoms with Gasteiger partial charge in [0.15, 0.2) is 0 Å². The van der Waals surface area contributed by atoms with Crippen LogP contribution in [-0.2, 0) is 0 Å². The number of hydrogen-bond donors (Lipinski definition) is 0. The third kappa shape index (κ3) is 3.88. The van der Waals surface area contributed by atoms with Crippen LogP contribution in [0.3, 0.4) is 0 Å². The van der Waals surface area contributed by atoms with Gasteiger partial charge >= 0.3 is 0 Å². The maximum atomic E-state index is 6.24. The van der Waals surface area contributed by atoms with E-state index in [1.807, 2.05) is 18.2 Å². The molecule has 192 valence electrons. The molecular weight excluding hydrogens is 486 g/mol. The second-order valence-electron chi connectivity index (χ2n) is 10.3. The lowest BCUT2D eigenvalue weighted by atomic mass is 9.97. The fourth-order valence-corrected chi connectivity index (χ4v) is 5.81. The zero-order valence-corrected chi connectivity index (χ0v) is 22.7. The zero-order chi connectivity index (χ0) is 27.2. The van der Waals surface area contributed by atoms with E-state index in [1.54, 1.807) is 0 Å². The number of benzene rings is 5. The predicted octanol–water partition coefficient (Wildman–Crippen LogP) is 10.8. The third-order valence-electron chi connectivity index (χ3n) is 7.77. The van der Waals surface area contributed by atoms with Crippen LogP contribution in [0.2, 0.25) is 0 Å². The van der Waals surface area contributed by atoms with Crippen molar-refractivity contribution in [3.05, 3.63) is 139 Å². The average Bonchev–Trinajstić information content (AvgIpc) is 3.51. The van der Waals surface area contributed by atoms with Gasteiger partial charge in [-0.05, 0) is 78.6 Å². The molecule has 0 aliphatic rings. The Morgan fingerprint density at radius 2 is 1.38 bits per heavy atom. The van der Waals surface area contributed by atoms with Gasteiger partial charge in [-0.15, -0.1) is 0 Å². The van der Waals surface area contributed by atoms with Crippen LogP contribution < -0.4 is 0 Å². The second-order valence-corrected chi connectivity index (χ2v) is 10.3. The van der Waals surface area contributed by atoms with Crippen LogP contribution in [0.4, 0.5) is 0 Å². The normalized spacial score (nSPS) is 11.8. The van der Waals surface area contributed by atoms with Gasteiger partial charge in [-0.2, -0.15) is 0 Å². The molecule has 2 nitrogen and oxygen atoms in total. The maximum absolute atomic E-state index is 6.24. The van der Waals surface area contributed by atoms with Crippen LogP contribution in [0.25, 0.3) is 72.9 Å². The first-order chi connectivity index (χ1) is 19.6. The Kier molecular flexibility index (Phi) is 5.75. The lowest BCUT2D eigenvalue weighted by Crippen LogP contribution is -1.97. The van der Waals surface area contributed by atoms with Crippen molar-refractivity contribution in [2.75, 3.05) is 0 Å². The Labute approximate surface area is 234 Å². The molecule has 0 saturated carbocycles. The van der Waals surface area contributed by atoms with Crippen molar-refractivity contribution in [2.24, 2.45) is 0 Å². The monoisotopic (exact) mass is 515 g/mol. The van der Waals surface area contributed by atoms with Crippen molar-refractivity contribution in [2.45, 2.75) is 13.8 Å². The Morgan fingerprint density at radius 3 is 2.17 bits per heavy atom. The summed E-state index contributed by atoms with van der Waals surface area (Å²) in [4.78, 5) is 0. The first-order valence-electron chi connectivity index (χ1n) is 13.7. The minimum absolute atomic E-state index is 0.886. The standard InChI is InChI=1S/C38H29NO/c1-4-9-35-31(5-2)34-23-29(28-11-8-10-27(22-28)26-16-14-25(3)15-17-26)18-21-36(34)39(35)30-19-20-33-32-12-6-7-13-37(32)40-38(33)24-30/h4-24H,2H2,1,3H3/b9-4-. The molecule has 2 aromatic heterocycles. The Hall–Kier alpha value is -5.08. The van der Waals surface area contributed by atoms with Crippen molar-refractivity contribution in [1.82, 2.24) is 4.57 Å². The molecule has 0 aliphatic heterocycles. The Morgan fingerprint density at radius 1 is 0.650 bits per heavy atom. The number of rotatable bonds is 5. The molecule has 0 spiro atoms. The molecule has 0 aliphatic carbocycles. The highest BCUT2D eigenvalue weighted by Gasteiger charge is 2.17. The summed E-state index contributed by atoms with van der Waals surface area (Å²) in [6, 6.07) is 38.9. The summed E-state index contributed by atoms with van der Waals surface area (Å²) in [5.74, 6) is 0. The number of allylic oxidation sites excluding steroid dienone is 1. The van der Waals surface area contributed by atoms with Gasteiger partial charge < -0.3 is 8.98 Å². The summed E-state index contributed by atoms with van der Waals surface area (Å²) >= 11 is 0. The highest BCUT2D eigenvalue weighted by atomic mass is 16.3. The number of para-hydroxylation sites is 1. The van der Waals surface area contributed by atoms with Crippen LogP contribution in [0.5, 0.6) is 0 Å². The minimum Gasteiger partial charge on any atom is -0.456 e. The molecular formula is C38H29NO. The van der Waals surface area contributed by atoms with Gasteiger partial charge in [0.2, 0.25) is 0 Å². The topological polar surface area (TPSA) is 18.1 Å². The fourth-order valence-electron chi connectivity index (χ4n) is 5.81. The van der Waals surface area contributed by atoms with E-state index in [9.17, 15) is 0 Å². The van der Waals surface area contributed by atoms with Crippen LogP contribution in [0.1, 0.15) is 23.7 Å². The zero-order valence-electron chi connectivity index (χ0n) is 22.7. The number of nitrogens with zero attached hydrogens (tertiary/aromatic N) is 1. The molecule has 7 aromatic rings. The van der Waals surface area contributed by atoms with E-state index in [0.29, 0.717) is 0 Å². The molecule has 0 saturated heterocycles. The van der Waals surface area contributed by atoms with E-state index in [4.69, 9.17) is 4.42 Å². The van der Waals surface area contributed by atoms with Gasteiger partial charge in [-0.25, -0.2) is 0 Å². The van der Waals surface area contributed by atoms with E-state index < -0.39 is 0 Å². The molecule has 0 radical (unpaired) electrons. The van der Waals surface area contributed by atoms with Crippen molar-refractivity contribution >= 4 is 45.0 Å². The minimum atomic E-state index is 0.886. The average molecular weight is 516 g/mol. The van der Waals surface area contributed by atoms with E-state index in [-0.39, 0.29) is 0 Å². The van der Waals surface area contributed by atoms with Gasteiger partial charge in [0, 0.05) is 33.5 Å². The molecule has 2 heteroatoms. The number of fused-ring (bicyclic) bond motifs is 4. The van der Waals surface area contributed by atoms with E-state index in [0.717, 1.165) is 44.4 Å². The first kappa shape index (κ1) is 24.0. The van der Waals surface area contributed by atoms with E-state index in [2.05, 4.69) is 134 Å². The molecule has 0 fully saturated rings. The van der Waals surface area contributed by atoms with E-state index >= 15 is 0 Å². The van der Waals surface area contributed by atoms with E-state index in [1.165, 1.54) is 33.2 Å². The lowest BCUT2D eigenvalue weighted by molar-refractivity contribution is 0.668. The van der Waals surface area contributed by atoms with Crippen molar-refractivity contribution in [3.63, 3.8) is 0 Å². The molecule has 5 aromatic carbocycles. The Bertz CT molecular complexity index is 2080. The molecule has 7 rings (SSSR count). The molecule has 0 bridgehead atoms. The highest BCUT2D eigenvalue weighted by molar-refractivity contribution is 6.06. The van der Waals surface area contributed by atoms with Crippen LogP contribution in [0, 0.1) is 6.92 Å². The van der Waals surface area contributed by atoms with Crippen LogP contribution in [-0.4, -0.2) is 4.57 Å². The molecule has 0 amide bonds. The summed E-state index contributed by atoms with van der Waals surface area (Å²) < 4.78 is 8.55. The summed E-state index contributed by atoms with van der Waals surface area (Å²) in [6.45, 7) is 8.38. The SMILES string of the molecule is C=Cc1c(/C=C\C)n(-c2ccc3c(c2)oc2ccccc23)c2ccc(-c3cccc(-c4ccc(C)cc4)c3)cc12. The number of aromatic nitrogens is 1. The van der Waals surface area contributed by atoms with Crippen molar-refractivity contribution in [1.29, 1.82) is 0 Å². The number of hydrogen-bond acceptors (Lipinski definition) is 1. The number of furan rings is 1. The summed E-state index contributed by atoms with van der Waals surface area (Å²) in [5, 5.41) is 3.44. The molecule has 0 atom stereocenters. The molecule has 0 unspecified atom stereocenters. The Balaban J connectivity index is 1.40. The summed E-state index contributed by atoms with van der Waals surface area (Å²) in [7, 11) is 0. The molecule has 40 heavy (non-hydrogen) atoms. The second kappa shape index (κ2) is 9.59. The smallest absolute Gasteiger partial charge is 0.137 e.